The lowest BCUT2D eigenvalue weighted by molar-refractivity contribution is 0.574. The Morgan fingerprint density at radius 3 is 2.95 bits per heavy atom. The molecule has 0 fully saturated rings. The van der Waals surface area contributed by atoms with Crippen LogP contribution in [0.5, 0.6) is 0 Å². The van der Waals surface area contributed by atoms with E-state index in [0.29, 0.717) is 11.0 Å². The van der Waals surface area contributed by atoms with Gasteiger partial charge in [0.05, 0.1) is 11.0 Å². The van der Waals surface area contributed by atoms with Crippen molar-refractivity contribution in [2.45, 2.75) is 33.4 Å². The smallest absolute Gasteiger partial charge is 0.146 e. The largest absolute Gasteiger partial charge is 0.377 e. The Kier molecular flexibility index (Phi) is 4.52. The Morgan fingerprint density at radius 2 is 2.21 bits per heavy atom. The van der Waals surface area contributed by atoms with E-state index < -0.39 is 0 Å². The molecule has 0 aliphatic heterocycles. The maximum Gasteiger partial charge on any atom is 0.146 e. The van der Waals surface area contributed by atoms with Crippen LogP contribution in [0.2, 0.25) is 0 Å². The molecule has 0 saturated heterocycles. The van der Waals surface area contributed by atoms with Crippen LogP contribution in [0.15, 0.2) is 22.9 Å². The predicted molar refractivity (Wildman–Crippen MR) is 76.5 cm³/mol. The topological polar surface area (TPSA) is 42.7 Å². The first kappa shape index (κ1) is 14.0. The molecule has 1 aromatic heterocycles. The number of nitrogens with zero attached hydrogens (tertiary/aromatic N) is 3. The summed E-state index contributed by atoms with van der Waals surface area (Å²) in [6, 6.07) is 3.24. The van der Waals surface area contributed by atoms with Crippen LogP contribution in [0.3, 0.4) is 0 Å². The Bertz CT molecular complexity index is 568. The number of aromatic nitrogens is 3. The van der Waals surface area contributed by atoms with E-state index in [2.05, 4.69) is 38.3 Å². The van der Waals surface area contributed by atoms with Gasteiger partial charge in [-0.3, -0.25) is 0 Å². The second-order valence-electron chi connectivity index (χ2n) is 4.33. The quantitative estimate of drug-likeness (QED) is 0.914. The molecule has 2 aromatic rings. The van der Waals surface area contributed by atoms with E-state index in [4.69, 9.17) is 0 Å². The molecule has 1 heterocycles. The van der Waals surface area contributed by atoms with E-state index in [1.807, 2.05) is 11.6 Å². The number of hydrogen-bond donors (Lipinski definition) is 1. The van der Waals surface area contributed by atoms with Gasteiger partial charge in [-0.1, -0.05) is 6.92 Å². The molecule has 0 radical (unpaired) electrons. The highest BCUT2D eigenvalue weighted by atomic mass is 79.9. The van der Waals surface area contributed by atoms with Gasteiger partial charge in [-0.2, -0.15) is 5.10 Å². The SMILES string of the molecule is CCCn1ncnc1CNc1cc(F)c(Br)cc1C. The Morgan fingerprint density at radius 1 is 1.42 bits per heavy atom. The molecule has 0 spiro atoms. The summed E-state index contributed by atoms with van der Waals surface area (Å²) in [5, 5.41) is 7.35. The highest BCUT2D eigenvalue weighted by Crippen LogP contribution is 2.24. The third-order valence-electron chi connectivity index (χ3n) is 2.84. The molecule has 0 saturated carbocycles. The molecule has 0 amide bonds. The zero-order chi connectivity index (χ0) is 13.8. The summed E-state index contributed by atoms with van der Waals surface area (Å²) in [6.45, 7) is 5.39. The zero-order valence-electron chi connectivity index (χ0n) is 11.0. The minimum Gasteiger partial charge on any atom is -0.377 e. The van der Waals surface area contributed by atoms with Crippen LogP contribution >= 0.6 is 15.9 Å². The van der Waals surface area contributed by atoms with Gasteiger partial charge in [0.25, 0.3) is 0 Å². The summed E-state index contributed by atoms with van der Waals surface area (Å²) < 4.78 is 15.8. The van der Waals surface area contributed by atoms with Crippen LogP contribution in [-0.4, -0.2) is 14.8 Å². The molecule has 1 aromatic carbocycles. The second kappa shape index (κ2) is 6.14. The van der Waals surface area contributed by atoms with Gasteiger partial charge in [0, 0.05) is 12.2 Å². The molecular weight excluding hydrogens is 311 g/mol. The average molecular weight is 327 g/mol. The van der Waals surface area contributed by atoms with Crippen molar-refractivity contribution in [3.63, 3.8) is 0 Å². The standard InChI is InChI=1S/C13H16BrFN4/c1-3-4-19-13(17-8-18-19)7-16-12-6-11(15)10(14)5-9(12)2/h5-6,8,16H,3-4,7H2,1-2H3. The van der Waals surface area contributed by atoms with Crippen molar-refractivity contribution < 1.29 is 4.39 Å². The lowest BCUT2D eigenvalue weighted by Crippen LogP contribution is -2.10. The number of benzene rings is 1. The molecule has 0 unspecified atom stereocenters. The molecule has 6 heteroatoms. The van der Waals surface area contributed by atoms with E-state index in [0.717, 1.165) is 30.0 Å². The molecule has 1 N–H and O–H groups in total. The fourth-order valence-electron chi connectivity index (χ4n) is 1.83. The van der Waals surface area contributed by atoms with Crippen molar-refractivity contribution >= 4 is 21.6 Å². The van der Waals surface area contributed by atoms with Gasteiger partial charge in [0.2, 0.25) is 0 Å². The first-order valence-electron chi connectivity index (χ1n) is 6.18. The van der Waals surface area contributed by atoms with Crippen LogP contribution < -0.4 is 5.32 Å². The highest BCUT2D eigenvalue weighted by Gasteiger charge is 2.07. The Labute approximate surface area is 120 Å². The summed E-state index contributed by atoms with van der Waals surface area (Å²) in [5.41, 5.74) is 1.75. The monoisotopic (exact) mass is 326 g/mol. The maximum absolute atomic E-state index is 13.5. The average Bonchev–Trinajstić information content (AvgIpc) is 2.80. The van der Waals surface area contributed by atoms with Crippen LogP contribution in [0, 0.1) is 12.7 Å². The predicted octanol–water partition coefficient (Wildman–Crippen LogP) is 3.51. The van der Waals surface area contributed by atoms with Crippen molar-refractivity contribution in [2.75, 3.05) is 5.32 Å². The van der Waals surface area contributed by atoms with Crippen molar-refractivity contribution in [3.05, 3.63) is 40.1 Å². The molecule has 0 aliphatic carbocycles. The zero-order valence-corrected chi connectivity index (χ0v) is 12.5. The summed E-state index contributed by atoms with van der Waals surface area (Å²) >= 11 is 3.17. The van der Waals surface area contributed by atoms with Gasteiger partial charge >= 0.3 is 0 Å². The third kappa shape index (κ3) is 3.32. The lowest BCUT2D eigenvalue weighted by atomic mass is 10.2. The summed E-state index contributed by atoms with van der Waals surface area (Å²) in [5.74, 6) is 0.577. The normalized spacial score (nSPS) is 10.7. The van der Waals surface area contributed by atoms with Gasteiger partial charge in [-0.15, -0.1) is 0 Å². The number of rotatable bonds is 5. The van der Waals surface area contributed by atoms with Crippen LogP contribution in [0.1, 0.15) is 24.7 Å². The first-order chi connectivity index (χ1) is 9.11. The summed E-state index contributed by atoms with van der Waals surface area (Å²) in [4.78, 5) is 4.21. The molecule has 4 nitrogen and oxygen atoms in total. The van der Waals surface area contributed by atoms with Gasteiger partial charge in [-0.25, -0.2) is 14.1 Å². The number of halogens is 2. The van der Waals surface area contributed by atoms with E-state index in [-0.39, 0.29) is 5.82 Å². The molecule has 19 heavy (non-hydrogen) atoms. The minimum atomic E-state index is -0.275. The molecule has 0 atom stereocenters. The van der Waals surface area contributed by atoms with Crippen LogP contribution in [0.25, 0.3) is 0 Å². The number of aryl methyl sites for hydroxylation is 2. The Hall–Kier alpha value is -1.43. The van der Waals surface area contributed by atoms with Crippen molar-refractivity contribution in [1.82, 2.24) is 14.8 Å². The molecule has 0 aliphatic rings. The molecule has 0 bridgehead atoms. The van der Waals surface area contributed by atoms with E-state index in [1.165, 1.54) is 6.07 Å². The van der Waals surface area contributed by atoms with Crippen molar-refractivity contribution in [1.29, 1.82) is 0 Å². The van der Waals surface area contributed by atoms with Gasteiger partial charge in [0.15, 0.2) is 0 Å². The second-order valence-corrected chi connectivity index (χ2v) is 5.19. The van der Waals surface area contributed by atoms with Gasteiger partial charge in [-0.05, 0) is 47.0 Å². The fraction of sp³-hybridized carbons (Fsp3) is 0.385. The third-order valence-corrected chi connectivity index (χ3v) is 3.44. The molecule has 102 valence electrons. The van der Waals surface area contributed by atoms with Gasteiger partial charge < -0.3 is 5.32 Å². The van der Waals surface area contributed by atoms with Gasteiger partial charge in [0.1, 0.15) is 18.0 Å². The summed E-state index contributed by atoms with van der Waals surface area (Å²) in [7, 11) is 0. The first-order valence-corrected chi connectivity index (χ1v) is 6.97. The number of nitrogens with one attached hydrogen (secondary N) is 1. The van der Waals surface area contributed by atoms with Crippen molar-refractivity contribution in [2.24, 2.45) is 0 Å². The Balaban J connectivity index is 2.10. The molecular formula is C13H16BrFN4. The maximum atomic E-state index is 13.5. The van der Waals surface area contributed by atoms with Crippen LogP contribution in [-0.2, 0) is 13.1 Å². The highest BCUT2D eigenvalue weighted by molar-refractivity contribution is 9.10. The summed E-state index contributed by atoms with van der Waals surface area (Å²) in [6.07, 6.45) is 2.55. The fourth-order valence-corrected chi connectivity index (χ4v) is 2.29. The number of hydrogen-bond acceptors (Lipinski definition) is 3. The van der Waals surface area contributed by atoms with E-state index >= 15 is 0 Å². The van der Waals surface area contributed by atoms with Crippen molar-refractivity contribution in [3.8, 4) is 0 Å². The van der Waals surface area contributed by atoms with Crippen LogP contribution in [0.4, 0.5) is 10.1 Å². The number of anilines is 1. The lowest BCUT2D eigenvalue weighted by Gasteiger charge is -2.11. The minimum absolute atomic E-state index is 0.275. The van der Waals surface area contributed by atoms with E-state index in [9.17, 15) is 4.39 Å². The van der Waals surface area contributed by atoms with E-state index in [1.54, 1.807) is 12.4 Å². The molecule has 2 rings (SSSR count).